The van der Waals surface area contributed by atoms with Crippen LogP contribution in [0.3, 0.4) is 0 Å². The molecule has 0 heterocycles. The lowest BCUT2D eigenvalue weighted by molar-refractivity contribution is -0.0504. The molecular formula is C18H20F2N2O2S. The van der Waals surface area contributed by atoms with Gasteiger partial charge >= 0.3 is 12.6 Å². The van der Waals surface area contributed by atoms with Crippen molar-refractivity contribution in [1.29, 1.82) is 0 Å². The summed E-state index contributed by atoms with van der Waals surface area (Å²) >= 11 is 1.66. The Morgan fingerprint density at radius 3 is 2.52 bits per heavy atom. The van der Waals surface area contributed by atoms with Gasteiger partial charge in [-0.05, 0) is 30.0 Å². The van der Waals surface area contributed by atoms with Gasteiger partial charge in [-0.25, -0.2) is 4.79 Å². The van der Waals surface area contributed by atoms with E-state index in [4.69, 9.17) is 0 Å². The minimum absolute atomic E-state index is 0.0631. The maximum atomic E-state index is 12.4. The van der Waals surface area contributed by atoms with E-state index in [2.05, 4.69) is 10.1 Å². The van der Waals surface area contributed by atoms with Crippen molar-refractivity contribution in [3.63, 3.8) is 0 Å². The van der Waals surface area contributed by atoms with Crippen LogP contribution in [-0.4, -0.2) is 30.8 Å². The van der Waals surface area contributed by atoms with Gasteiger partial charge in [-0.3, -0.25) is 0 Å². The van der Waals surface area contributed by atoms with Crippen molar-refractivity contribution in [3.8, 4) is 5.75 Å². The van der Waals surface area contributed by atoms with Crippen molar-refractivity contribution in [2.45, 2.75) is 24.6 Å². The van der Waals surface area contributed by atoms with Crippen molar-refractivity contribution >= 4 is 17.8 Å². The zero-order valence-electron chi connectivity index (χ0n) is 14.0. The van der Waals surface area contributed by atoms with Gasteiger partial charge in [0.15, 0.2) is 0 Å². The van der Waals surface area contributed by atoms with E-state index in [1.165, 1.54) is 11.0 Å². The standard InChI is InChI=1S/C18H20F2N2O2S/c1-22(12-13-7-9-15(25-2)10-8-13)18(23)21-11-14-5-3-4-6-16(14)24-17(19)20/h3-10,17H,11-12H2,1-2H3,(H,21,23). The molecule has 2 rings (SSSR count). The predicted octanol–water partition coefficient (Wildman–Crippen LogP) is 4.35. The lowest BCUT2D eigenvalue weighted by Gasteiger charge is -2.19. The molecule has 0 aromatic heterocycles. The number of hydrogen-bond donors (Lipinski definition) is 1. The SMILES string of the molecule is CSc1ccc(CN(C)C(=O)NCc2ccccc2OC(F)F)cc1. The summed E-state index contributed by atoms with van der Waals surface area (Å²) < 4.78 is 29.3. The summed E-state index contributed by atoms with van der Waals surface area (Å²) in [6.07, 6.45) is 2.00. The zero-order valence-corrected chi connectivity index (χ0v) is 14.9. The smallest absolute Gasteiger partial charge is 0.387 e. The molecule has 0 bridgehead atoms. The molecule has 0 aliphatic rings. The van der Waals surface area contributed by atoms with Crippen molar-refractivity contribution in [2.24, 2.45) is 0 Å². The Morgan fingerprint density at radius 1 is 1.20 bits per heavy atom. The Hall–Kier alpha value is -2.28. The molecule has 0 aliphatic heterocycles. The number of nitrogens with one attached hydrogen (secondary N) is 1. The highest BCUT2D eigenvalue weighted by molar-refractivity contribution is 7.98. The number of benzene rings is 2. The molecule has 0 unspecified atom stereocenters. The number of thioether (sulfide) groups is 1. The van der Waals surface area contributed by atoms with Gasteiger partial charge in [0.1, 0.15) is 5.75 Å². The number of carbonyl (C=O) groups is 1. The fourth-order valence-electron chi connectivity index (χ4n) is 2.24. The Labute approximate surface area is 150 Å². The first kappa shape index (κ1) is 19.1. The molecule has 0 saturated carbocycles. The minimum Gasteiger partial charge on any atom is -0.434 e. The summed E-state index contributed by atoms with van der Waals surface area (Å²) in [6.45, 7) is -2.34. The molecule has 0 saturated heterocycles. The summed E-state index contributed by atoms with van der Waals surface area (Å²) in [5, 5.41) is 2.71. The van der Waals surface area contributed by atoms with Crippen LogP contribution in [-0.2, 0) is 13.1 Å². The molecule has 0 aliphatic carbocycles. The zero-order chi connectivity index (χ0) is 18.2. The fourth-order valence-corrected chi connectivity index (χ4v) is 2.65. The molecule has 2 aromatic carbocycles. The van der Waals surface area contributed by atoms with Crippen LogP contribution in [0.15, 0.2) is 53.4 Å². The van der Waals surface area contributed by atoms with Gasteiger partial charge in [-0.2, -0.15) is 8.78 Å². The van der Waals surface area contributed by atoms with Gasteiger partial charge in [0.25, 0.3) is 0 Å². The molecular weight excluding hydrogens is 346 g/mol. The summed E-state index contributed by atoms with van der Waals surface area (Å²) in [5.74, 6) is 0.0631. The van der Waals surface area contributed by atoms with E-state index in [0.29, 0.717) is 12.1 Å². The third kappa shape index (κ3) is 5.94. The number of rotatable bonds is 7. The molecule has 0 radical (unpaired) electrons. The van der Waals surface area contributed by atoms with E-state index < -0.39 is 6.61 Å². The van der Waals surface area contributed by atoms with Crippen molar-refractivity contribution < 1.29 is 18.3 Å². The van der Waals surface area contributed by atoms with Gasteiger partial charge in [-0.1, -0.05) is 30.3 Å². The third-order valence-electron chi connectivity index (χ3n) is 3.54. The first-order valence-corrected chi connectivity index (χ1v) is 8.86. The number of hydrogen-bond acceptors (Lipinski definition) is 3. The van der Waals surface area contributed by atoms with Crippen LogP contribution in [0.25, 0.3) is 0 Å². The lowest BCUT2D eigenvalue weighted by Crippen LogP contribution is -2.36. The molecule has 0 spiro atoms. The number of alkyl halides is 2. The number of urea groups is 1. The summed E-state index contributed by atoms with van der Waals surface area (Å²) in [4.78, 5) is 14.9. The minimum atomic E-state index is -2.90. The third-order valence-corrected chi connectivity index (χ3v) is 4.29. The van der Waals surface area contributed by atoms with Crippen LogP contribution in [0.2, 0.25) is 0 Å². The Morgan fingerprint density at radius 2 is 1.88 bits per heavy atom. The highest BCUT2D eigenvalue weighted by Crippen LogP contribution is 2.20. The van der Waals surface area contributed by atoms with Gasteiger partial charge < -0.3 is 15.0 Å². The van der Waals surface area contributed by atoms with Crippen molar-refractivity contribution in [3.05, 3.63) is 59.7 Å². The van der Waals surface area contributed by atoms with Crippen molar-refractivity contribution in [2.75, 3.05) is 13.3 Å². The first-order chi connectivity index (χ1) is 12.0. The molecule has 4 nitrogen and oxygen atoms in total. The number of halogens is 2. The lowest BCUT2D eigenvalue weighted by atomic mass is 10.2. The van der Waals surface area contributed by atoms with Gasteiger partial charge in [0.05, 0.1) is 0 Å². The highest BCUT2D eigenvalue weighted by Gasteiger charge is 2.12. The first-order valence-electron chi connectivity index (χ1n) is 7.64. The largest absolute Gasteiger partial charge is 0.434 e. The quantitative estimate of drug-likeness (QED) is 0.741. The normalized spacial score (nSPS) is 10.6. The van der Waals surface area contributed by atoms with E-state index in [-0.39, 0.29) is 18.3 Å². The monoisotopic (exact) mass is 366 g/mol. The Balaban J connectivity index is 1.91. The van der Waals surface area contributed by atoms with Gasteiger partial charge in [0, 0.05) is 30.6 Å². The second kappa shape index (κ2) is 9.27. The molecule has 0 atom stereocenters. The van der Waals surface area contributed by atoms with Gasteiger partial charge in [0.2, 0.25) is 0 Å². The van der Waals surface area contributed by atoms with Crippen molar-refractivity contribution in [1.82, 2.24) is 10.2 Å². The topological polar surface area (TPSA) is 41.6 Å². The number of carbonyl (C=O) groups excluding carboxylic acids is 1. The molecule has 1 N–H and O–H groups in total. The van der Waals surface area contributed by atoms with E-state index in [1.807, 2.05) is 30.5 Å². The summed E-state index contributed by atoms with van der Waals surface area (Å²) in [5.41, 5.74) is 1.51. The van der Waals surface area contributed by atoms with Crippen LogP contribution in [0.5, 0.6) is 5.75 Å². The fraction of sp³-hybridized carbons (Fsp3) is 0.278. The van der Waals surface area contributed by atoms with E-state index in [0.717, 1.165) is 10.5 Å². The number of para-hydroxylation sites is 1. The van der Waals surface area contributed by atoms with E-state index in [1.54, 1.807) is 37.0 Å². The number of ether oxygens (including phenoxy) is 1. The van der Waals surface area contributed by atoms with Crippen LogP contribution in [0.4, 0.5) is 13.6 Å². The van der Waals surface area contributed by atoms with Crippen LogP contribution >= 0.6 is 11.8 Å². The Bertz CT molecular complexity index is 696. The van der Waals surface area contributed by atoms with Crippen LogP contribution in [0.1, 0.15) is 11.1 Å². The molecule has 0 fully saturated rings. The Kier molecular flexibility index (Phi) is 7.06. The van der Waals surface area contributed by atoms with E-state index >= 15 is 0 Å². The summed E-state index contributed by atoms with van der Waals surface area (Å²) in [7, 11) is 1.68. The average Bonchev–Trinajstić information content (AvgIpc) is 2.60. The maximum Gasteiger partial charge on any atom is 0.387 e. The second-order valence-electron chi connectivity index (χ2n) is 5.35. The molecule has 2 aromatic rings. The molecule has 7 heteroatoms. The van der Waals surface area contributed by atoms with Crippen LogP contribution < -0.4 is 10.1 Å². The highest BCUT2D eigenvalue weighted by atomic mass is 32.2. The summed E-state index contributed by atoms with van der Waals surface area (Å²) in [6, 6.07) is 14.1. The molecule has 2 amide bonds. The number of amides is 2. The van der Waals surface area contributed by atoms with Gasteiger partial charge in [-0.15, -0.1) is 11.8 Å². The molecule has 134 valence electrons. The molecule has 25 heavy (non-hydrogen) atoms. The van der Waals surface area contributed by atoms with Crippen LogP contribution in [0, 0.1) is 0 Å². The number of nitrogens with zero attached hydrogens (tertiary/aromatic N) is 1. The van der Waals surface area contributed by atoms with E-state index in [9.17, 15) is 13.6 Å². The second-order valence-corrected chi connectivity index (χ2v) is 6.23. The predicted molar refractivity (Wildman–Crippen MR) is 95.0 cm³/mol. The average molecular weight is 366 g/mol. The maximum absolute atomic E-state index is 12.4.